The third kappa shape index (κ3) is 6.19. The van der Waals surface area contributed by atoms with Crippen LogP contribution in [0.2, 0.25) is 0 Å². The minimum Gasteiger partial charge on any atom is -0.356 e. The van der Waals surface area contributed by atoms with Gasteiger partial charge in [0.2, 0.25) is 5.91 Å². The first-order chi connectivity index (χ1) is 12.0. The van der Waals surface area contributed by atoms with Gasteiger partial charge in [-0.1, -0.05) is 46.3 Å². The Morgan fingerprint density at radius 1 is 1.12 bits per heavy atom. The number of hydrogen-bond acceptors (Lipinski definition) is 2. The maximum atomic E-state index is 13.5. The standard InChI is InChI=1S/C18H19BrFN3O2/c19-14-7-5-13(6-8-14)16(23-18(21)25)11-17(24)22-10-9-12-3-1-2-4-15(12)20/h1-8,16H,9-11H2,(H,22,24)(H3,21,23,25)/t16-/m1/s1. The van der Waals surface area contributed by atoms with Gasteiger partial charge in [-0.3, -0.25) is 4.79 Å². The summed E-state index contributed by atoms with van der Waals surface area (Å²) in [5.41, 5.74) is 6.51. The van der Waals surface area contributed by atoms with Crippen LogP contribution in [0.3, 0.4) is 0 Å². The highest BCUT2D eigenvalue weighted by atomic mass is 79.9. The molecule has 25 heavy (non-hydrogen) atoms. The Morgan fingerprint density at radius 3 is 2.44 bits per heavy atom. The number of benzene rings is 2. The molecule has 0 saturated heterocycles. The molecular formula is C18H19BrFN3O2. The monoisotopic (exact) mass is 407 g/mol. The lowest BCUT2D eigenvalue weighted by Crippen LogP contribution is -2.37. The average molecular weight is 408 g/mol. The summed E-state index contributed by atoms with van der Waals surface area (Å²) >= 11 is 3.34. The number of rotatable bonds is 7. The summed E-state index contributed by atoms with van der Waals surface area (Å²) in [6.07, 6.45) is 0.437. The van der Waals surface area contributed by atoms with Crippen molar-refractivity contribution in [3.63, 3.8) is 0 Å². The molecule has 0 fully saturated rings. The minimum atomic E-state index is -0.702. The molecule has 0 radical (unpaired) electrons. The molecule has 4 N–H and O–H groups in total. The molecule has 2 aromatic carbocycles. The van der Waals surface area contributed by atoms with Crippen LogP contribution < -0.4 is 16.4 Å². The number of halogens is 2. The van der Waals surface area contributed by atoms with E-state index < -0.39 is 12.1 Å². The van der Waals surface area contributed by atoms with E-state index in [1.54, 1.807) is 30.3 Å². The van der Waals surface area contributed by atoms with Gasteiger partial charge in [0.05, 0.1) is 12.5 Å². The molecule has 1 atom stereocenters. The summed E-state index contributed by atoms with van der Waals surface area (Å²) in [5.74, 6) is -0.544. The van der Waals surface area contributed by atoms with E-state index in [9.17, 15) is 14.0 Å². The van der Waals surface area contributed by atoms with Gasteiger partial charge in [0.15, 0.2) is 0 Å². The van der Waals surface area contributed by atoms with Gasteiger partial charge in [-0.15, -0.1) is 0 Å². The van der Waals surface area contributed by atoms with Gasteiger partial charge in [-0.05, 0) is 35.7 Å². The van der Waals surface area contributed by atoms with Crippen molar-refractivity contribution < 1.29 is 14.0 Å². The lowest BCUT2D eigenvalue weighted by molar-refractivity contribution is -0.121. The zero-order chi connectivity index (χ0) is 18.2. The molecule has 0 heterocycles. The van der Waals surface area contributed by atoms with E-state index in [1.165, 1.54) is 6.07 Å². The lowest BCUT2D eigenvalue weighted by Gasteiger charge is -2.18. The normalized spacial score (nSPS) is 11.6. The number of primary amides is 1. The molecule has 132 valence electrons. The van der Waals surface area contributed by atoms with Crippen molar-refractivity contribution in [1.82, 2.24) is 10.6 Å². The first kappa shape index (κ1) is 18.9. The molecule has 2 aromatic rings. The van der Waals surface area contributed by atoms with Crippen LogP contribution in [-0.2, 0) is 11.2 Å². The topological polar surface area (TPSA) is 84.2 Å². The second kappa shape index (κ2) is 9.17. The van der Waals surface area contributed by atoms with E-state index in [4.69, 9.17) is 5.73 Å². The second-order valence-corrected chi connectivity index (χ2v) is 6.42. The molecule has 0 aliphatic heterocycles. The van der Waals surface area contributed by atoms with Crippen molar-refractivity contribution in [2.75, 3.05) is 6.54 Å². The average Bonchev–Trinajstić information content (AvgIpc) is 2.56. The van der Waals surface area contributed by atoms with Crippen LogP contribution in [0.25, 0.3) is 0 Å². The van der Waals surface area contributed by atoms with Crippen LogP contribution in [0.1, 0.15) is 23.6 Å². The highest BCUT2D eigenvalue weighted by Gasteiger charge is 2.17. The van der Waals surface area contributed by atoms with Crippen LogP contribution in [0.15, 0.2) is 53.0 Å². The lowest BCUT2D eigenvalue weighted by atomic mass is 10.0. The third-order valence-electron chi connectivity index (χ3n) is 3.65. The van der Waals surface area contributed by atoms with Crippen molar-refractivity contribution in [2.45, 2.75) is 18.9 Å². The van der Waals surface area contributed by atoms with Crippen LogP contribution in [-0.4, -0.2) is 18.5 Å². The van der Waals surface area contributed by atoms with Crippen molar-refractivity contribution in [2.24, 2.45) is 5.73 Å². The molecule has 7 heteroatoms. The number of nitrogens with one attached hydrogen (secondary N) is 2. The van der Waals surface area contributed by atoms with Crippen molar-refractivity contribution in [3.8, 4) is 0 Å². The molecule has 0 spiro atoms. The summed E-state index contributed by atoms with van der Waals surface area (Å²) < 4.78 is 14.4. The number of nitrogens with two attached hydrogens (primary N) is 1. The van der Waals surface area contributed by atoms with Gasteiger partial charge < -0.3 is 16.4 Å². The summed E-state index contributed by atoms with van der Waals surface area (Å²) in [6.45, 7) is 0.309. The molecule has 0 aliphatic carbocycles. The summed E-state index contributed by atoms with van der Waals surface area (Å²) in [4.78, 5) is 23.3. The van der Waals surface area contributed by atoms with E-state index in [2.05, 4.69) is 26.6 Å². The Hall–Kier alpha value is -2.41. The number of hydrogen-bond donors (Lipinski definition) is 3. The fourth-order valence-electron chi connectivity index (χ4n) is 2.41. The Morgan fingerprint density at radius 2 is 1.80 bits per heavy atom. The maximum absolute atomic E-state index is 13.5. The van der Waals surface area contributed by atoms with E-state index in [0.717, 1.165) is 10.0 Å². The van der Waals surface area contributed by atoms with Gasteiger partial charge >= 0.3 is 6.03 Å². The fraction of sp³-hybridized carbons (Fsp3) is 0.222. The first-order valence-electron chi connectivity index (χ1n) is 7.77. The zero-order valence-electron chi connectivity index (χ0n) is 13.5. The first-order valence-corrected chi connectivity index (χ1v) is 8.56. The Balaban J connectivity index is 1.91. The summed E-state index contributed by atoms with van der Waals surface area (Å²) in [6, 6.07) is 12.5. The maximum Gasteiger partial charge on any atom is 0.312 e. The molecule has 0 bridgehead atoms. The number of carbonyl (C=O) groups is 2. The smallest absolute Gasteiger partial charge is 0.312 e. The second-order valence-electron chi connectivity index (χ2n) is 5.51. The van der Waals surface area contributed by atoms with Crippen LogP contribution >= 0.6 is 15.9 Å². The van der Waals surface area contributed by atoms with Crippen LogP contribution in [0.4, 0.5) is 9.18 Å². The van der Waals surface area contributed by atoms with E-state index >= 15 is 0 Å². The largest absolute Gasteiger partial charge is 0.356 e. The van der Waals surface area contributed by atoms with Gasteiger partial charge in [0.25, 0.3) is 0 Å². The quantitative estimate of drug-likeness (QED) is 0.658. The summed E-state index contributed by atoms with van der Waals surface area (Å²) in [7, 11) is 0. The molecule has 5 nitrogen and oxygen atoms in total. The molecule has 2 rings (SSSR count). The number of amides is 3. The van der Waals surface area contributed by atoms with Crippen LogP contribution in [0.5, 0.6) is 0 Å². The molecule has 3 amide bonds. The predicted octanol–water partition coefficient (Wildman–Crippen LogP) is 3.05. The van der Waals surface area contributed by atoms with Gasteiger partial charge in [0, 0.05) is 11.0 Å². The highest BCUT2D eigenvalue weighted by molar-refractivity contribution is 9.10. The Labute approximate surface area is 153 Å². The van der Waals surface area contributed by atoms with Crippen molar-refractivity contribution in [3.05, 3.63) is 69.9 Å². The van der Waals surface area contributed by atoms with Crippen LogP contribution in [0, 0.1) is 5.82 Å². The van der Waals surface area contributed by atoms with Crippen molar-refractivity contribution in [1.29, 1.82) is 0 Å². The van der Waals surface area contributed by atoms with Gasteiger partial charge in [0.1, 0.15) is 5.82 Å². The Kier molecular flexibility index (Phi) is 6.94. The third-order valence-corrected chi connectivity index (χ3v) is 4.18. The van der Waals surface area contributed by atoms with E-state index in [-0.39, 0.29) is 18.1 Å². The molecule has 0 unspecified atom stereocenters. The fourth-order valence-corrected chi connectivity index (χ4v) is 2.68. The Bertz CT molecular complexity index is 737. The molecular weight excluding hydrogens is 389 g/mol. The highest BCUT2D eigenvalue weighted by Crippen LogP contribution is 2.19. The molecule has 0 aromatic heterocycles. The van der Waals surface area contributed by atoms with Gasteiger partial charge in [-0.2, -0.15) is 0 Å². The molecule has 0 saturated carbocycles. The summed E-state index contributed by atoms with van der Waals surface area (Å²) in [5, 5.41) is 5.30. The minimum absolute atomic E-state index is 0.0435. The molecule has 0 aliphatic rings. The van der Waals surface area contributed by atoms with Crippen molar-refractivity contribution >= 4 is 27.9 Å². The van der Waals surface area contributed by atoms with Gasteiger partial charge in [-0.25, -0.2) is 9.18 Å². The number of carbonyl (C=O) groups excluding carboxylic acids is 2. The SMILES string of the molecule is NC(=O)N[C@H](CC(=O)NCCc1ccccc1F)c1ccc(Br)cc1. The number of urea groups is 1. The zero-order valence-corrected chi connectivity index (χ0v) is 15.1. The predicted molar refractivity (Wildman–Crippen MR) is 97.3 cm³/mol. The van der Waals surface area contributed by atoms with E-state index in [0.29, 0.717) is 18.5 Å². The van der Waals surface area contributed by atoms with E-state index in [1.807, 2.05) is 12.1 Å².